The van der Waals surface area contributed by atoms with Crippen LogP contribution in [0.2, 0.25) is 5.15 Å². The standard InChI is InChI=1S/C19H18ClN5O/c20-17-7-6-15(12-23-17)13-25-9-8-22-18(25)16(10-21)19(26)24-11-14-4-2-1-3-5-14/h1-7,12,22H,8-9,11,13H2,(H,24,26)/b18-16+. The highest BCUT2D eigenvalue weighted by atomic mass is 35.5. The van der Waals surface area contributed by atoms with Crippen LogP contribution in [-0.4, -0.2) is 28.9 Å². The number of carbonyl (C=O) groups is 1. The molecule has 1 aromatic carbocycles. The van der Waals surface area contributed by atoms with Gasteiger partial charge in [0.1, 0.15) is 17.0 Å². The number of rotatable bonds is 5. The van der Waals surface area contributed by atoms with E-state index < -0.39 is 0 Å². The van der Waals surface area contributed by atoms with Crippen LogP contribution in [0.5, 0.6) is 0 Å². The van der Waals surface area contributed by atoms with E-state index >= 15 is 0 Å². The van der Waals surface area contributed by atoms with Gasteiger partial charge in [0.05, 0.1) is 0 Å². The summed E-state index contributed by atoms with van der Waals surface area (Å²) in [5.41, 5.74) is 2.02. The molecule has 1 saturated heterocycles. The highest BCUT2D eigenvalue weighted by Crippen LogP contribution is 2.17. The molecule has 0 bridgehead atoms. The first-order valence-corrected chi connectivity index (χ1v) is 8.61. The van der Waals surface area contributed by atoms with Gasteiger partial charge in [0, 0.05) is 32.4 Å². The number of benzene rings is 1. The van der Waals surface area contributed by atoms with E-state index in [4.69, 9.17) is 11.6 Å². The molecule has 2 aromatic rings. The molecule has 1 aliphatic heterocycles. The Bertz CT molecular complexity index is 842. The lowest BCUT2D eigenvalue weighted by atomic mass is 10.2. The van der Waals surface area contributed by atoms with E-state index in [1.807, 2.05) is 47.4 Å². The molecule has 1 aromatic heterocycles. The third kappa shape index (κ3) is 4.32. The summed E-state index contributed by atoms with van der Waals surface area (Å²) in [6, 6.07) is 15.2. The molecular weight excluding hydrogens is 350 g/mol. The van der Waals surface area contributed by atoms with Crippen molar-refractivity contribution in [2.75, 3.05) is 13.1 Å². The fourth-order valence-corrected chi connectivity index (χ4v) is 2.85. The number of amides is 1. The van der Waals surface area contributed by atoms with Crippen LogP contribution in [0.15, 0.2) is 60.1 Å². The number of aromatic nitrogens is 1. The van der Waals surface area contributed by atoms with Gasteiger partial charge in [-0.15, -0.1) is 0 Å². The summed E-state index contributed by atoms with van der Waals surface area (Å²) in [6.07, 6.45) is 1.69. The Balaban J connectivity index is 1.72. The van der Waals surface area contributed by atoms with E-state index in [0.717, 1.165) is 11.1 Å². The molecular formula is C19H18ClN5O. The highest BCUT2D eigenvalue weighted by molar-refractivity contribution is 6.29. The fraction of sp³-hybridized carbons (Fsp3) is 0.211. The van der Waals surface area contributed by atoms with Gasteiger partial charge in [0.2, 0.25) is 0 Å². The van der Waals surface area contributed by atoms with Crippen molar-refractivity contribution in [3.63, 3.8) is 0 Å². The monoisotopic (exact) mass is 367 g/mol. The van der Waals surface area contributed by atoms with Crippen LogP contribution in [0.1, 0.15) is 11.1 Å². The van der Waals surface area contributed by atoms with Crippen LogP contribution in [0, 0.1) is 11.3 Å². The number of nitriles is 1. The average molecular weight is 368 g/mol. The van der Waals surface area contributed by atoms with Crippen molar-refractivity contribution in [2.45, 2.75) is 13.1 Å². The molecule has 0 aliphatic carbocycles. The number of nitrogens with one attached hydrogen (secondary N) is 2. The van der Waals surface area contributed by atoms with Crippen molar-refractivity contribution >= 4 is 17.5 Å². The van der Waals surface area contributed by atoms with E-state index in [-0.39, 0.29) is 11.5 Å². The molecule has 0 radical (unpaired) electrons. The lowest BCUT2D eigenvalue weighted by molar-refractivity contribution is -0.117. The molecule has 1 aliphatic rings. The summed E-state index contributed by atoms with van der Waals surface area (Å²) >= 11 is 5.81. The SMILES string of the molecule is N#C/C(C(=O)NCc1ccccc1)=C1/NCCN1Cc1ccc(Cl)nc1. The van der Waals surface area contributed by atoms with E-state index in [1.165, 1.54) is 0 Å². The van der Waals surface area contributed by atoms with Crippen LogP contribution in [0.25, 0.3) is 0 Å². The zero-order valence-corrected chi connectivity index (χ0v) is 14.8. The second-order valence-electron chi connectivity index (χ2n) is 5.84. The minimum atomic E-state index is -0.389. The average Bonchev–Trinajstić information content (AvgIpc) is 3.11. The molecule has 6 nitrogen and oxygen atoms in total. The van der Waals surface area contributed by atoms with Crippen molar-refractivity contribution in [1.82, 2.24) is 20.5 Å². The number of pyridine rings is 1. The van der Waals surface area contributed by atoms with Crippen molar-refractivity contribution in [3.05, 3.63) is 76.3 Å². The Kier molecular flexibility index (Phi) is 5.72. The van der Waals surface area contributed by atoms with Crippen LogP contribution in [0.4, 0.5) is 0 Å². The van der Waals surface area contributed by atoms with Gasteiger partial charge in [0.15, 0.2) is 5.57 Å². The molecule has 2 heterocycles. The quantitative estimate of drug-likeness (QED) is 0.481. The number of hydrogen-bond donors (Lipinski definition) is 2. The Labute approximate surface area is 157 Å². The molecule has 0 unspecified atom stereocenters. The first kappa shape index (κ1) is 17.8. The Morgan fingerprint density at radius 2 is 2.08 bits per heavy atom. The van der Waals surface area contributed by atoms with Crippen molar-refractivity contribution in [2.24, 2.45) is 0 Å². The molecule has 1 amide bonds. The Hall–Kier alpha value is -3.04. The predicted molar refractivity (Wildman–Crippen MR) is 98.6 cm³/mol. The maximum atomic E-state index is 12.5. The number of halogens is 1. The van der Waals surface area contributed by atoms with Crippen LogP contribution in [-0.2, 0) is 17.9 Å². The fourth-order valence-electron chi connectivity index (χ4n) is 2.74. The molecule has 132 valence electrons. The Morgan fingerprint density at radius 1 is 1.27 bits per heavy atom. The Morgan fingerprint density at radius 3 is 2.77 bits per heavy atom. The smallest absolute Gasteiger partial charge is 0.265 e. The maximum Gasteiger partial charge on any atom is 0.265 e. The van der Waals surface area contributed by atoms with Gasteiger partial charge in [-0.3, -0.25) is 4.79 Å². The normalized spacial score (nSPS) is 15.2. The molecule has 0 atom stereocenters. The second kappa shape index (κ2) is 8.37. The highest BCUT2D eigenvalue weighted by Gasteiger charge is 2.24. The molecule has 0 spiro atoms. The minimum Gasteiger partial charge on any atom is -0.369 e. The third-order valence-electron chi connectivity index (χ3n) is 4.02. The lowest BCUT2D eigenvalue weighted by Gasteiger charge is -2.20. The van der Waals surface area contributed by atoms with Crippen LogP contribution in [0.3, 0.4) is 0 Å². The second-order valence-corrected chi connectivity index (χ2v) is 6.23. The summed E-state index contributed by atoms with van der Waals surface area (Å²) in [4.78, 5) is 18.5. The summed E-state index contributed by atoms with van der Waals surface area (Å²) in [5.74, 6) is 0.160. The zero-order chi connectivity index (χ0) is 18.4. The summed E-state index contributed by atoms with van der Waals surface area (Å²) < 4.78 is 0. The number of hydrogen-bond acceptors (Lipinski definition) is 5. The largest absolute Gasteiger partial charge is 0.369 e. The van der Waals surface area contributed by atoms with Gasteiger partial charge in [-0.2, -0.15) is 5.26 Å². The first-order chi connectivity index (χ1) is 12.7. The van der Waals surface area contributed by atoms with E-state index in [0.29, 0.717) is 37.2 Å². The predicted octanol–water partition coefficient (Wildman–Crippen LogP) is 2.19. The summed E-state index contributed by atoms with van der Waals surface area (Å²) in [7, 11) is 0. The molecule has 1 fully saturated rings. The molecule has 26 heavy (non-hydrogen) atoms. The number of carbonyl (C=O) groups excluding carboxylic acids is 1. The third-order valence-corrected chi connectivity index (χ3v) is 4.25. The van der Waals surface area contributed by atoms with Gasteiger partial charge in [-0.1, -0.05) is 48.0 Å². The van der Waals surface area contributed by atoms with Crippen LogP contribution >= 0.6 is 11.6 Å². The number of nitrogens with zero attached hydrogens (tertiary/aromatic N) is 3. The topological polar surface area (TPSA) is 81.0 Å². The summed E-state index contributed by atoms with van der Waals surface area (Å²) in [6.45, 7) is 2.30. The van der Waals surface area contributed by atoms with E-state index in [9.17, 15) is 10.1 Å². The van der Waals surface area contributed by atoms with Crippen LogP contribution < -0.4 is 10.6 Å². The molecule has 2 N–H and O–H groups in total. The minimum absolute atomic E-state index is 0.0837. The zero-order valence-electron chi connectivity index (χ0n) is 14.1. The first-order valence-electron chi connectivity index (χ1n) is 8.23. The van der Waals surface area contributed by atoms with Gasteiger partial charge in [-0.25, -0.2) is 4.98 Å². The van der Waals surface area contributed by atoms with Crippen molar-refractivity contribution in [1.29, 1.82) is 5.26 Å². The van der Waals surface area contributed by atoms with E-state index in [2.05, 4.69) is 15.6 Å². The maximum absolute atomic E-state index is 12.5. The molecule has 3 rings (SSSR count). The molecule has 7 heteroatoms. The van der Waals surface area contributed by atoms with Crippen molar-refractivity contribution < 1.29 is 4.79 Å². The van der Waals surface area contributed by atoms with Gasteiger partial charge in [0.25, 0.3) is 5.91 Å². The van der Waals surface area contributed by atoms with Crippen molar-refractivity contribution in [3.8, 4) is 6.07 Å². The van der Waals surface area contributed by atoms with Gasteiger partial charge < -0.3 is 15.5 Å². The van der Waals surface area contributed by atoms with E-state index in [1.54, 1.807) is 12.3 Å². The lowest BCUT2D eigenvalue weighted by Crippen LogP contribution is -2.30. The van der Waals surface area contributed by atoms with Gasteiger partial charge in [-0.05, 0) is 17.2 Å². The summed E-state index contributed by atoms with van der Waals surface area (Å²) in [5, 5.41) is 15.9. The molecule has 0 saturated carbocycles. The van der Waals surface area contributed by atoms with Gasteiger partial charge >= 0.3 is 0 Å².